The average molecular weight is 440 g/mol. The minimum absolute atomic E-state index is 0.359. The van der Waals surface area contributed by atoms with Gasteiger partial charge in [0.1, 0.15) is 0 Å². The van der Waals surface area contributed by atoms with Crippen molar-refractivity contribution in [1.29, 1.82) is 0 Å². The van der Waals surface area contributed by atoms with Gasteiger partial charge in [0.25, 0.3) is 0 Å². The second-order valence-electron chi connectivity index (χ2n) is 0.898. The van der Waals surface area contributed by atoms with Gasteiger partial charge in [0.15, 0.2) is 0 Å². The van der Waals surface area contributed by atoms with E-state index in [0.717, 1.165) is 0 Å². The Labute approximate surface area is 68.6 Å². The van der Waals surface area contributed by atoms with Crippen LogP contribution in [0.2, 0.25) is 0 Å². The molecule has 0 saturated heterocycles. The topological polar surface area (TPSA) is 12.0 Å². The van der Waals surface area contributed by atoms with E-state index >= 15 is 0 Å². The Balaban J connectivity index is 2.68. The molecule has 0 fully saturated rings. The fourth-order valence-corrected chi connectivity index (χ4v) is 10.3. The molecule has 0 spiro atoms. The first-order valence-corrected chi connectivity index (χ1v) is 17.7. The molecule has 1 nitrogen and oxygen atoms in total. The van der Waals surface area contributed by atoms with Gasteiger partial charge in [0, 0.05) is 0 Å². The van der Waals surface area contributed by atoms with Crippen molar-refractivity contribution in [3.8, 4) is 0 Å². The van der Waals surface area contributed by atoms with Gasteiger partial charge in [0.2, 0.25) is 0 Å². The Kier molecular flexibility index (Phi) is 8.20. The second kappa shape index (κ2) is 6.27. The molecule has 0 atom stereocenters. The first kappa shape index (κ1) is 9.15. The standard InChI is InChI=1S/C3H9I3N/c1-3-7-5-6(2)4/h7H,3H2,1-2H3/q-1. The molecule has 0 aliphatic heterocycles. The van der Waals surface area contributed by atoms with Crippen LogP contribution in [0.25, 0.3) is 0 Å². The van der Waals surface area contributed by atoms with Crippen molar-refractivity contribution >= 4 is 30.5 Å². The van der Waals surface area contributed by atoms with Crippen LogP contribution in [0.5, 0.6) is 0 Å². The van der Waals surface area contributed by atoms with Crippen molar-refractivity contribution in [3.63, 3.8) is 0 Å². The van der Waals surface area contributed by atoms with E-state index in [9.17, 15) is 0 Å². The minimum atomic E-state index is -0.359. The van der Waals surface area contributed by atoms with Crippen LogP contribution in [0, 0.1) is 0 Å². The van der Waals surface area contributed by atoms with Crippen LogP contribution in [0.3, 0.4) is 0 Å². The number of rotatable bonds is 3. The summed E-state index contributed by atoms with van der Waals surface area (Å²) in [6.07, 6.45) is 0. The van der Waals surface area contributed by atoms with Crippen molar-refractivity contribution in [1.82, 2.24) is 3.53 Å². The van der Waals surface area contributed by atoms with Crippen LogP contribution in [0.1, 0.15) is 6.92 Å². The zero-order chi connectivity index (χ0) is 5.70. The molecule has 0 aromatic carbocycles. The summed E-state index contributed by atoms with van der Waals surface area (Å²) in [5, 5.41) is 0. The molecule has 4 heteroatoms. The van der Waals surface area contributed by atoms with Crippen molar-refractivity contribution in [2.75, 3.05) is 11.5 Å². The number of hydrogen-bond donors (Lipinski definition) is 1. The summed E-state index contributed by atoms with van der Waals surface area (Å²) in [6, 6.07) is 0. The molecule has 0 aromatic rings. The summed E-state index contributed by atoms with van der Waals surface area (Å²) in [4.78, 5) is 2.40. The van der Waals surface area contributed by atoms with Gasteiger partial charge in [-0.2, -0.15) is 0 Å². The first-order chi connectivity index (χ1) is 3.27. The third-order valence-electron chi connectivity index (χ3n) is 0.283. The SMILES string of the molecule is CCN[I-]I(C)I. The Hall–Kier alpha value is 2.15. The van der Waals surface area contributed by atoms with Crippen LogP contribution in [-0.2, 0) is 0 Å². The molecule has 0 aliphatic rings. The van der Waals surface area contributed by atoms with Gasteiger partial charge in [-0.05, 0) is 0 Å². The van der Waals surface area contributed by atoms with E-state index in [-0.39, 0.29) is 11.9 Å². The fraction of sp³-hybridized carbons (Fsp3) is 1.00. The van der Waals surface area contributed by atoms with E-state index in [1.807, 2.05) is 0 Å². The van der Waals surface area contributed by atoms with Crippen LogP contribution >= 0.6 is 30.5 Å². The van der Waals surface area contributed by atoms with E-state index in [1.165, 1.54) is 6.54 Å². The van der Waals surface area contributed by atoms with Crippen LogP contribution in [0.15, 0.2) is 0 Å². The van der Waals surface area contributed by atoms with Gasteiger partial charge in [-0.25, -0.2) is 0 Å². The average Bonchev–Trinajstić information content (AvgIpc) is 1.61. The zero-order valence-corrected chi connectivity index (χ0v) is 10.8. The molecule has 1 N–H and O–H groups in total. The summed E-state index contributed by atoms with van der Waals surface area (Å²) >= 11 is 2.71. The Morgan fingerprint density at radius 1 is 1.86 bits per heavy atom. The second-order valence-corrected chi connectivity index (χ2v) is 33.6. The third kappa shape index (κ3) is 8.15. The molecule has 0 amide bonds. The maximum atomic E-state index is 3.42. The normalized spacial score (nSPS) is 12.1. The van der Waals surface area contributed by atoms with Gasteiger partial charge in [0.05, 0.1) is 0 Å². The molecule has 0 saturated carbocycles. The first-order valence-electron chi connectivity index (χ1n) is 1.91. The molecule has 0 bridgehead atoms. The van der Waals surface area contributed by atoms with E-state index in [1.54, 1.807) is 0 Å². The van der Waals surface area contributed by atoms with Gasteiger partial charge in [-0.3, -0.25) is 0 Å². The predicted molar refractivity (Wildman–Crippen MR) is 47.6 cm³/mol. The summed E-state index contributed by atoms with van der Waals surface area (Å²) in [5.74, 6) is 0. The maximum absolute atomic E-state index is 3.42. The van der Waals surface area contributed by atoms with Crippen molar-refractivity contribution in [2.24, 2.45) is 0 Å². The molecule has 0 heterocycles. The summed E-state index contributed by atoms with van der Waals surface area (Å²) in [5.41, 5.74) is 0. The van der Waals surface area contributed by atoms with Crippen LogP contribution < -0.4 is 21.0 Å². The summed E-state index contributed by atoms with van der Waals surface area (Å²) in [6.45, 7) is 3.36. The number of nitrogens with one attached hydrogen (secondary N) is 1. The Morgan fingerprint density at radius 2 is 2.43 bits per heavy atom. The van der Waals surface area contributed by atoms with Crippen molar-refractivity contribution < 1.29 is 17.5 Å². The van der Waals surface area contributed by atoms with E-state index < -0.39 is 0 Å². The molecule has 0 rings (SSSR count). The molecular weight excluding hydrogens is 431 g/mol. The number of halogens is 3. The summed E-state index contributed by atoms with van der Waals surface area (Å²) < 4.78 is 3.42. The van der Waals surface area contributed by atoms with Gasteiger partial charge in [-0.15, -0.1) is 0 Å². The zero-order valence-electron chi connectivity index (χ0n) is 4.34. The summed E-state index contributed by atoms with van der Waals surface area (Å²) in [7, 11) is 0. The predicted octanol–water partition coefficient (Wildman–Crippen LogP) is -0.999. The Morgan fingerprint density at radius 3 is 2.57 bits per heavy atom. The fourth-order valence-electron chi connectivity index (χ4n) is 0.120. The Bertz CT molecular complexity index is 39.2. The van der Waals surface area contributed by atoms with Gasteiger partial charge < -0.3 is 0 Å². The number of hydrogen-bond acceptors (Lipinski definition) is 1. The van der Waals surface area contributed by atoms with Gasteiger partial charge >= 0.3 is 69.9 Å². The number of alkyl halides is 1. The van der Waals surface area contributed by atoms with E-state index in [2.05, 4.69) is 34.0 Å². The molecular formula is C3H9I3N-. The third-order valence-corrected chi connectivity index (χ3v) is 14.5. The molecule has 0 aliphatic carbocycles. The molecule has 48 valence electrons. The van der Waals surface area contributed by atoms with Gasteiger partial charge in [-0.1, -0.05) is 0 Å². The molecule has 7 heavy (non-hydrogen) atoms. The van der Waals surface area contributed by atoms with E-state index in [4.69, 9.17) is 0 Å². The van der Waals surface area contributed by atoms with Crippen molar-refractivity contribution in [3.05, 3.63) is 0 Å². The van der Waals surface area contributed by atoms with E-state index in [0.29, 0.717) is 17.5 Å². The van der Waals surface area contributed by atoms with Crippen molar-refractivity contribution in [2.45, 2.75) is 6.92 Å². The van der Waals surface area contributed by atoms with Crippen LogP contribution in [-0.4, -0.2) is 11.5 Å². The molecule has 0 radical (unpaired) electrons. The van der Waals surface area contributed by atoms with Crippen LogP contribution in [0.4, 0.5) is 0 Å². The molecule has 0 aromatic heterocycles. The molecule has 0 unspecified atom stereocenters. The monoisotopic (exact) mass is 440 g/mol. The quantitative estimate of drug-likeness (QED) is 0.338.